The highest BCUT2D eigenvalue weighted by Crippen LogP contribution is 2.20. The van der Waals surface area contributed by atoms with E-state index in [4.69, 9.17) is 5.73 Å². The number of carbonyl (C=O) groups excluding carboxylic acids is 1. The summed E-state index contributed by atoms with van der Waals surface area (Å²) < 4.78 is 0. The molecule has 1 aliphatic heterocycles. The Labute approximate surface area is 85.1 Å². The number of hydrogen-bond donors (Lipinski definition) is 2. The summed E-state index contributed by atoms with van der Waals surface area (Å²) in [5.74, 6) is -0.297. The van der Waals surface area contributed by atoms with Crippen LogP contribution in [0.25, 0.3) is 0 Å². The van der Waals surface area contributed by atoms with Crippen molar-refractivity contribution >= 4 is 5.91 Å². The molecule has 3 N–H and O–H groups in total. The Balaban J connectivity index is 2.66. The number of primary amides is 1. The van der Waals surface area contributed by atoms with Gasteiger partial charge in [-0.3, -0.25) is 4.79 Å². The second-order valence-electron chi connectivity index (χ2n) is 3.71. The summed E-state index contributed by atoms with van der Waals surface area (Å²) in [6.45, 7) is 5.04. The minimum Gasteiger partial charge on any atom is -0.368 e. The molecule has 0 saturated carbocycles. The third kappa shape index (κ3) is 2.07. The van der Waals surface area contributed by atoms with E-state index in [2.05, 4.69) is 12.3 Å². The maximum absolute atomic E-state index is 11.3. The minimum absolute atomic E-state index is 0.297. The van der Waals surface area contributed by atoms with Gasteiger partial charge in [0, 0.05) is 12.7 Å². The summed E-state index contributed by atoms with van der Waals surface area (Å²) in [6, 6.07) is 0. The molecule has 0 aromatic rings. The normalized spacial score (nSPS) is 25.7. The molecule has 1 atom stereocenters. The molecule has 1 amide bonds. The fourth-order valence-electron chi connectivity index (χ4n) is 1.71. The van der Waals surface area contributed by atoms with Crippen molar-refractivity contribution in [2.75, 3.05) is 6.54 Å². The molecule has 0 radical (unpaired) electrons. The minimum atomic E-state index is -0.649. The molecule has 0 bridgehead atoms. The third-order valence-electron chi connectivity index (χ3n) is 2.43. The van der Waals surface area contributed by atoms with Crippen LogP contribution in [0.4, 0.5) is 0 Å². The zero-order valence-electron chi connectivity index (χ0n) is 8.92. The molecule has 0 saturated heterocycles. The van der Waals surface area contributed by atoms with Crippen molar-refractivity contribution < 1.29 is 4.79 Å². The largest absolute Gasteiger partial charge is 0.368 e. The van der Waals surface area contributed by atoms with E-state index in [1.54, 1.807) is 0 Å². The molecule has 14 heavy (non-hydrogen) atoms. The molecule has 80 valence electrons. The van der Waals surface area contributed by atoms with Crippen LogP contribution in [0.5, 0.6) is 0 Å². The third-order valence-corrected chi connectivity index (χ3v) is 2.43. The quantitative estimate of drug-likeness (QED) is 0.684. The first-order valence-electron chi connectivity index (χ1n) is 5.18. The molecule has 0 spiro atoms. The molecule has 0 aromatic carbocycles. The Morgan fingerprint density at radius 2 is 2.21 bits per heavy atom. The average Bonchev–Trinajstić information content (AvgIpc) is 2.51. The van der Waals surface area contributed by atoms with Gasteiger partial charge in [-0.1, -0.05) is 20.3 Å². The number of nitrogens with one attached hydrogen (secondary N) is 1. The van der Waals surface area contributed by atoms with Crippen molar-refractivity contribution in [1.29, 1.82) is 0 Å². The highest BCUT2D eigenvalue weighted by Gasteiger charge is 2.37. The smallest absolute Gasteiger partial charge is 0.243 e. The zero-order chi connectivity index (χ0) is 10.6. The molecular formula is C10H19N3O. The molecule has 0 aromatic heterocycles. The van der Waals surface area contributed by atoms with E-state index in [-0.39, 0.29) is 5.91 Å². The van der Waals surface area contributed by atoms with Crippen molar-refractivity contribution in [1.82, 2.24) is 10.4 Å². The van der Waals surface area contributed by atoms with Gasteiger partial charge >= 0.3 is 0 Å². The Morgan fingerprint density at radius 1 is 1.50 bits per heavy atom. The van der Waals surface area contributed by atoms with Crippen LogP contribution in [-0.2, 0) is 4.79 Å². The lowest BCUT2D eigenvalue weighted by Crippen LogP contribution is -2.55. The van der Waals surface area contributed by atoms with Crippen molar-refractivity contribution in [3.63, 3.8) is 0 Å². The number of hydrazine groups is 1. The molecule has 4 nitrogen and oxygen atoms in total. The van der Waals surface area contributed by atoms with Gasteiger partial charge in [0.2, 0.25) is 5.91 Å². The Morgan fingerprint density at radius 3 is 2.71 bits per heavy atom. The Bertz CT molecular complexity index is 240. The van der Waals surface area contributed by atoms with Gasteiger partial charge in [0.05, 0.1) is 0 Å². The molecular weight excluding hydrogens is 178 g/mol. The van der Waals surface area contributed by atoms with E-state index < -0.39 is 5.54 Å². The van der Waals surface area contributed by atoms with Crippen molar-refractivity contribution in [2.24, 2.45) is 5.73 Å². The van der Waals surface area contributed by atoms with Crippen molar-refractivity contribution in [3.05, 3.63) is 12.3 Å². The lowest BCUT2D eigenvalue weighted by molar-refractivity contribution is -0.123. The summed E-state index contributed by atoms with van der Waals surface area (Å²) in [7, 11) is 0. The van der Waals surface area contributed by atoms with E-state index in [9.17, 15) is 4.79 Å². The highest BCUT2D eigenvalue weighted by molar-refractivity contribution is 5.87. The number of amides is 1. The number of hydrogen-bond acceptors (Lipinski definition) is 3. The number of nitrogens with zero attached hydrogens (tertiary/aromatic N) is 1. The fourth-order valence-corrected chi connectivity index (χ4v) is 1.71. The van der Waals surface area contributed by atoms with Crippen LogP contribution < -0.4 is 11.2 Å². The van der Waals surface area contributed by atoms with Crippen molar-refractivity contribution in [3.8, 4) is 0 Å². The van der Waals surface area contributed by atoms with Gasteiger partial charge < -0.3 is 10.7 Å². The van der Waals surface area contributed by atoms with Crippen LogP contribution >= 0.6 is 0 Å². The average molecular weight is 197 g/mol. The molecule has 1 aliphatic rings. The predicted molar refractivity (Wildman–Crippen MR) is 56.1 cm³/mol. The van der Waals surface area contributed by atoms with Crippen LogP contribution in [-0.4, -0.2) is 23.0 Å². The summed E-state index contributed by atoms with van der Waals surface area (Å²) >= 11 is 0. The first-order chi connectivity index (χ1) is 6.64. The summed E-state index contributed by atoms with van der Waals surface area (Å²) in [5, 5.41) is 1.93. The predicted octanol–water partition coefficient (Wildman–Crippen LogP) is 0.755. The van der Waals surface area contributed by atoms with Gasteiger partial charge in [-0.05, 0) is 18.9 Å². The Hall–Kier alpha value is -1.03. The van der Waals surface area contributed by atoms with Gasteiger partial charge in [-0.15, -0.1) is 0 Å². The number of carbonyl (C=O) groups is 1. The fraction of sp³-hybridized carbons (Fsp3) is 0.700. The van der Waals surface area contributed by atoms with Gasteiger partial charge in [0.15, 0.2) is 0 Å². The summed E-state index contributed by atoms with van der Waals surface area (Å²) in [4.78, 5) is 11.3. The molecule has 1 heterocycles. The maximum Gasteiger partial charge on any atom is 0.243 e. The van der Waals surface area contributed by atoms with E-state index in [0.717, 1.165) is 25.8 Å². The topological polar surface area (TPSA) is 58.4 Å². The monoisotopic (exact) mass is 197 g/mol. The molecule has 1 unspecified atom stereocenters. The first-order valence-corrected chi connectivity index (χ1v) is 5.18. The Kier molecular flexibility index (Phi) is 3.52. The summed E-state index contributed by atoms with van der Waals surface area (Å²) in [5.41, 5.74) is 7.90. The second kappa shape index (κ2) is 4.46. The van der Waals surface area contributed by atoms with Crippen LogP contribution in [0.3, 0.4) is 0 Å². The molecule has 4 heteroatoms. The van der Waals surface area contributed by atoms with Crippen LogP contribution in [0.1, 0.15) is 33.1 Å². The van der Waals surface area contributed by atoms with E-state index in [1.807, 2.05) is 24.2 Å². The lowest BCUT2D eigenvalue weighted by atomic mass is 9.95. The zero-order valence-corrected chi connectivity index (χ0v) is 8.92. The van der Waals surface area contributed by atoms with Crippen LogP contribution in [0.15, 0.2) is 12.3 Å². The van der Waals surface area contributed by atoms with Gasteiger partial charge in [-0.25, -0.2) is 5.43 Å². The first kappa shape index (κ1) is 11.0. The molecule has 1 rings (SSSR count). The molecule has 0 aliphatic carbocycles. The van der Waals surface area contributed by atoms with E-state index in [0.29, 0.717) is 0 Å². The second-order valence-corrected chi connectivity index (χ2v) is 3.71. The number of nitrogens with two attached hydrogens (primary N) is 1. The number of rotatable bonds is 5. The van der Waals surface area contributed by atoms with Gasteiger partial charge in [-0.2, -0.15) is 0 Å². The summed E-state index contributed by atoms with van der Waals surface area (Å²) in [6.07, 6.45) is 6.50. The van der Waals surface area contributed by atoms with Crippen LogP contribution in [0.2, 0.25) is 0 Å². The van der Waals surface area contributed by atoms with Crippen molar-refractivity contribution in [2.45, 2.75) is 38.6 Å². The van der Waals surface area contributed by atoms with Gasteiger partial charge in [0.1, 0.15) is 5.54 Å². The SMILES string of the molecule is CCCN1C=CC(CCC)(C(N)=O)N1. The standard InChI is InChI=1S/C10H19N3O/c1-3-5-10(9(11)14)6-8-13(12-10)7-4-2/h6,8,12H,3-5,7H2,1-2H3,(H2,11,14). The van der Waals surface area contributed by atoms with E-state index >= 15 is 0 Å². The van der Waals surface area contributed by atoms with Gasteiger partial charge in [0.25, 0.3) is 0 Å². The van der Waals surface area contributed by atoms with E-state index in [1.165, 1.54) is 0 Å². The highest BCUT2D eigenvalue weighted by atomic mass is 16.1. The maximum atomic E-state index is 11.3. The molecule has 0 fully saturated rings. The van der Waals surface area contributed by atoms with Crippen LogP contribution in [0, 0.1) is 0 Å². The lowest BCUT2D eigenvalue weighted by Gasteiger charge is -2.27.